The number of benzene rings is 9. The van der Waals surface area contributed by atoms with Crippen LogP contribution in [-0.2, 0) is 10.8 Å². The maximum absolute atomic E-state index is 4.13. The van der Waals surface area contributed by atoms with Crippen molar-refractivity contribution in [2.45, 2.75) is 38.5 Å². The molecule has 0 saturated carbocycles. The minimum atomic E-state index is -0.139. The van der Waals surface area contributed by atoms with E-state index in [4.69, 9.17) is 0 Å². The number of rotatable bonds is 8. The fraction of sp³-hybridized carbons (Fsp3) is 0.111. The molecule has 9 aromatic carbocycles. The van der Waals surface area contributed by atoms with Gasteiger partial charge in [0.05, 0.1) is 5.69 Å². The quantitative estimate of drug-likeness (QED) is 0.0863. The van der Waals surface area contributed by atoms with Gasteiger partial charge >= 0.3 is 0 Å². The van der Waals surface area contributed by atoms with E-state index in [-0.39, 0.29) is 10.8 Å². The highest BCUT2D eigenvalue weighted by Gasteiger charge is 2.24. The van der Waals surface area contributed by atoms with Crippen LogP contribution in [0.4, 0.5) is 17.1 Å². The Bertz CT molecular complexity index is 2790. The molecule has 1 nitrogen and oxygen atoms in total. The fourth-order valence-corrected chi connectivity index (χ4v) is 8.44. The van der Waals surface area contributed by atoms with Gasteiger partial charge in [-0.15, -0.1) is 13.2 Å². The Kier molecular flexibility index (Phi) is 8.21. The number of fused-ring (bicyclic) bond motifs is 8. The van der Waals surface area contributed by atoms with Crippen LogP contribution in [0.25, 0.3) is 65.0 Å². The molecule has 0 bridgehead atoms. The van der Waals surface area contributed by atoms with Crippen LogP contribution in [0.2, 0.25) is 0 Å². The van der Waals surface area contributed by atoms with E-state index in [9.17, 15) is 0 Å². The molecule has 9 rings (SSSR count). The van der Waals surface area contributed by atoms with Crippen LogP contribution in [0.1, 0.15) is 38.8 Å². The molecular weight excluding hydrogens is 663 g/mol. The molecule has 0 aromatic heterocycles. The highest BCUT2D eigenvalue weighted by molar-refractivity contribution is 6.27. The van der Waals surface area contributed by atoms with Crippen LogP contribution in [0.3, 0.4) is 0 Å². The number of allylic oxidation sites excluding steroid dienone is 2. The molecule has 0 spiro atoms. The predicted octanol–water partition coefficient (Wildman–Crippen LogP) is 15.5. The van der Waals surface area contributed by atoms with Crippen molar-refractivity contribution in [3.63, 3.8) is 0 Å². The lowest BCUT2D eigenvalue weighted by atomic mass is 9.84. The van der Waals surface area contributed by atoms with Gasteiger partial charge in [0.2, 0.25) is 0 Å². The molecule has 266 valence electrons. The second-order valence-corrected chi connectivity index (χ2v) is 15.9. The second-order valence-electron chi connectivity index (χ2n) is 15.9. The highest BCUT2D eigenvalue weighted by Crippen LogP contribution is 2.49. The van der Waals surface area contributed by atoms with E-state index >= 15 is 0 Å². The van der Waals surface area contributed by atoms with Gasteiger partial charge in [-0.25, -0.2) is 0 Å². The van der Waals surface area contributed by atoms with Crippen LogP contribution in [0.5, 0.6) is 0 Å². The number of hydrogen-bond donors (Lipinski definition) is 0. The Hall–Kier alpha value is -6.44. The Morgan fingerprint density at radius 1 is 0.382 bits per heavy atom. The third-order valence-electron chi connectivity index (χ3n) is 11.9. The topological polar surface area (TPSA) is 3.24 Å². The standard InChI is InChI=1S/C54H45N/c1-7-53(3,4)37-26-30-39(31-27-37)55(40-32-28-38(29-33-40)54(5,6)8-2)52-48-23-15-13-21-46(48)51(47-22-14-16-24-49(47)52)36-25-34-45-43-19-10-9-17-41(43)42-18-11-12-20-44(42)50(45)35-36/h7-35H,1-2H2,3-6H3. The molecule has 1 heteroatoms. The van der Waals surface area contributed by atoms with Crippen molar-refractivity contribution in [3.05, 3.63) is 200 Å². The lowest BCUT2D eigenvalue weighted by Crippen LogP contribution is -2.16. The van der Waals surface area contributed by atoms with Crippen molar-refractivity contribution >= 4 is 70.9 Å². The first-order valence-electron chi connectivity index (χ1n) is 19.3. The Balaban J connectivity index is 1.34. The summed E-state index contributed by atoms with van der Waals surface area (Å²) in [7, 11) is 0. The van der Waals surface area contributed by atoms with Crippen LogP contribution < -0.4 is 4.90 Å². The van der Waals surface area contributed by atoms with Crippen LogP contribution in [-0.4, -0.2) is 0 Å². The summed E-state index contributed by atoms with van der Waals surface area (Å²) >= 11 is 0. The third-order valence-corrected chi connectivity index (χ3v) is 11.9. The van der Waals surface area contributed by atoms with Gasteiger partial charge in [-0.3, -0.25) is 0 Å². The van der Waals surface area contributed by atoms with Gasteiger partial charge in [0.25, 0.3) is 0 Å². The average molecular weight is 708 g/mol. The van der Waals surface area contributed by atoms with E-state index in [1.54, 1.807) is 0 Å². The first-order chi connectivity index (χ1) is 26.7. The van der Waals surface area contributed by atoms with Gasteiger partial charge < -0.3 is 4.90 Å². The summed E-state index contributed by atoms with van der Waals surface area (Å²) in [6.45, 7) is 17.1. The predicted molar refractivity (Wildman–Crippen MR) is 241 cm³/mol. The summed E-state index contributed by atoms with van der Waals surface area (Å²) < 4.78 is 0. The normalized spacial score (nSPS) is 12.1. The van der Waals surface area contributed by atoms with Crippen molar-refractivity contribution in [2.75, 3.05) is 4.90 Å². The molecule has 55 heavy (non-hydrogen) atoms. The molecule has 0 fully saturated rings. The van der Waals surface area contributed by atoms with E-state index < -0.39 is 0 Å². The summed E-state index contributed by atoms with van der Waals surface area (Å²) in [5.41, 5.74) is 8.02. The Morgan fingerprint density at radius 2 is 0.727 bits per heavy atom. The average Bonchev–Trinajstić information content (AvgIpc) is 3.24. The minimum absolute atomic E-state index is 0.139. The summed E-state index contributed by atoms with van der Waals surface area (Å²) in [5, 5.41) is 12.5. The molecule has 0 heterocycles. The molecule has 9 aromatic rings. The Morgan fingerprint density at radius 3 is 1.13 bits per heavy atom. The summed E-state index contributed by atoms with van der Waals surface area (Å²) in [4.78, 5) is 2.45. The lowest BCUT2D eigenvalue weighted by Gasteiger charge is -2.31. The maximum atomic E-state index is 4.13. The van der Waals surface area contributed by atoms with Crippen molar-refractivity contribution < 1.29 is 0 Å². The van der Waals surface area contributed by atoms with Gasteiger partial charge in [0, 0.05) is 33.0 Å². The van der Waals surface area contributed by atoms with E-state index in [0.29, 0.717) is 0 Å². The smallest absolute Gasteiger partial charge is 0.0618 e. The van der Waals surface area contributed by atoms with Crippen molar-refractivity contribution in [1.82, 2.24) is 0 Å². The monoisotopic (exact) mass is 707 g/mol. The fourth-order valence-electron chi connectivity index (χ4n) is 8.44. The molecular formula is C54H45N. The number of anilines is 3. The zero-order chi connectivity index (χ0) is 37.9. The SMILES string of the molecule is C=CC(C)(C)c1ccc(N(c2ccc(C(C)(C)C=C)cc2)c2c3ccccc3c(-c3ccc4c5ccccc5c5ccccc5c4c3)c3ccccc23)cc1. The summed E-state index contributed by atoms with van der Waals surface area (Å²) in [6, 6.07) is 60.7. The lowest BCUT2D eigenvalue weighted by molar-refractivity contribution is 0.672. The number of hydrogen-bond acceptors (Lipinski definition) is 1. The minimum Gasteiger partial charge on any atom is -0.309 e. The van der Waals surface area contributed by atoms with Gasteiger partial charge in [-0.2, -0.15) is 0 Å². The first-order valence-corrected chi connectivity index (χ1v) is 19.3. The highest BCUT2D eigenvalue weighted by atomic mass is 15.1. The Labute approximate surface area is 324 Å². The van der Waals surface area contributed by atoms with Crippen molar-refractivity contribution in [1.29, 1.82) is 0 Å². The maximum Gasteiger partial charge on any atom is 0.0618 e. The molecule has 0 saturated heterocycles. The largest absolute Gasteiger partial charge is 0.309 e. The van der Waals surface area contributed by atoms with E-state index in [1.165, 1.54) is 81.8 Å². The van der Waals surface area contributed by atoms with Gasteiger partial charge in [-0.05, 0) is 95.7 Å². The van der Waals surface area contributed by atoms with E-state index in [2.05, 4.69) is 210 Å². The van der Waals surface area contributed by atoms with Gasteiger partial charge in [0.15, 0.2) is 0 Å². The molecule has 0 N–H and O–H groups in total. The number of nitrogens with zero attached hydrogens (tertiary/aromatic N) is 1. The molecule has 0 aliphatic heterocycles. The summed E-state index contributed by atoms with van der Waals surface area (Å²) in [5.74, 6) is 0. The van der Waals surface area contributed by atoms with Gasteiger partial charge in [0.1, 0.15) is 0 Å². The van der Waals surface area contributed by atoms with Crippen LogP contribution >= 0.6 is 0 Å². The van der Waals surface area contributed by atoms with Gasteiger partial charge in [-0.1, -0.05) is 173 Å². The molecule has 0 atom stereocenters. The molecule has 0 unspecified atom stereocenters. The molecule has 0 aliphatic carbocycles. The molecule has 0 aliphatic rings. The van der Waals surface area contributed by atoms with Crippen molar-refractivity contribution in [3.8, 4) is 11.1 Å². The summed E-state index contributed by atoms with van der Waals surface area (Å²) in [6.07, 6.45) is 4.05. The molecule has 0 radical (unpaired) electrons. The second kappa shape index (κ2) is 13.1. The zero-order valence-corrected chi connectivity index (χ0v) is 32.1. The van der Waals surface area contributed by atoms with E-state index in [1.807, 2.05) is 12.2 Å². The molecule has 0 amide bonds. The zero-order valence-electron chi connectivity index (χ0n) is 32.1. The van der Waals surface area contributed by atoms with E-state index in [0.717, 1.165) is 11.4 Å². The van der Waals surface area contributed by atoms with Crippen LogP contribution in [0, 0.1) is 0 Å². The first kappa shape index (κ1) is 34.3. The van der Waals surface area contributed by atoms with Crippen LogP contribution in [0.15, 0.2) is 189 Å². The van der Waals surface area contributed by atoms with Crippen molar-refractivity contribution in [2.24, 2.45) is 0 Å². The third kappa shape index (κ3) is 5.62.